The fourth-order valence-electron chi connectivity index (χ4n) is 3.97. The highest BCUT2D eigenvalue weighted by Crippen LogP contribution is 2.20. The Balaban J connectivity index is 1.84. The zero-order chi connectivity index (χ0) is 21.9. The second-order valence-electron chi connectivity index (χ2n) is 8.74. The molecule has 5 heteroatoms. The van der Waals surface area contributed by atoms with Gasteiger partial charge in [-0.1, -0.05) is 83.3 Å². The molecule has 0 aliphatic carbocycles. The van der Waals surface area contributed by atoms with Gasteiger partial charge in [-0.05, 0) is 32.1 Å². The fourth-order valence-corrected chi connectivity index (χ4v) is 3.97. The highest BCUT2D eigenvalue weighted by molar-refractivity contribution is 4.88. The van der Waals surface area contributed by atoms with E-state index in [1.54, 1.807) is 0 Å². The monoisotopic (exact) mass is 428 g/mol. The van der Waals surface area contributed by atoms with Gasteiger partial charge < -0.3 is 24.8 Å². The molecule has 0 unspecified atom stereocenters. The number of ether oxygens (including phenoxy) is 2. The first-order valence-electron chi connectivity index (χ1n) is 12.6. The van der Waals surface area contributed by atoms with Gasteiger partial charge in [0.25, 0.3) is 0 Å². The Bertz CT molecular complexity index is 401. The molecule has 5 nitrogen and oxygen atoms in total. The summed E-state index contributed by atoms with van der Waals surface area (Å²) in [7, 11) is 0. The number of aliphatic hydroxyl groups excluding tert-OH is 3. The van der Waals surface area contributed by atoms with Crippen LogP contribution >= 0.6 is 0 Å². The minimum atomic E-state index is -0.980. The van der Waals surface area contributed by atoms with Gasteiger partial charge in [-0.25, -0.2) is 0 Å². The van der Waals surface area contributed by atoms with E-state index in [2.05, 4.69) is 19.1 Å². The fraction of sp³-hybridized carbons (Fsp3) is 0.920. The van der Waals surface area contributed by atoms with Crippen molar-refractivity contribution in [3.05, 3.63) is 12.2 Å². The highest BCUT2D eigenvalue weighted by Gasteiger charge is 2.40. The second kappa shape index (κ2) is 19.2. The maximum Gasteiger partial charge on any atom is 0.114 e. The van der Waals surface area contributed by atoms with Gasteiger partial charge in [0.2, 0.25) is 0 Å². The number of aliphatic hydroxyl groups is 3. The molecule has 30 heavy (non-hydrogen) atoms. The van der Waals surface area contributed by atoms with Gasteiger partial charge in [0, 0.05) is 6.61 Å². The van der Waals surface area contributed by atoms with Crippen molar-refractivity contribution in [2.75, 3.05) is 19.8 Å². The molecule has 1 rings (SSSR count). The van der Waals surface area contributed by atoms with Crippen LogP contribution in [0.4, 0.5) is 0 Å². The molecule has 1 saturated heterocycles. The summed E-state index contributed by atoms with van der Waals surface area (Å²) in [5, 5.41) is 28.8. The molecule has 0 amide bonds. The maximum absolute atomic E-state index is 9.84. The van der Waals surface area contributed by atoms with E-state index in [9.17, 15) is 15.3 Å². The van der Waals surface area contributed by atoms with E-state index >= 15 is 0 Å². The normalized spacial score (nSPS) is 22.9. The summed E-state index contributed by atoms with van der Waals surface area (Å²) in [6.45, 7) is 2.71. The zero-order valence-electron chi connectivity index (χ0n) is 19.4. The summed E-state index contributed by atoms with van der Waals surface area (Å²) >= 11 is 0. The van der Waals surface area contributed by atoms with E-state index < -0.39 is 24.4 Å². The average molecular weight is 429 g/mol. The molecule has 4 atom stereocenters. The third-order valence-electron chi connectivity index (χ3n) is 5.97. The molecule has 0 aromatic carbocycles. The third-order valence-corrected chi connectivity index (χ3v) is 5.97. The zero-order valence-corrected chi connectivity index (χ0v) is 19.4. The molecule has 3 N–H and O–H groups in total. The van der Waals surface area contributed by atoms with Gasteiger partial charge in [0.15, 0.2) is 0 Å². The largest absolute Gasteiger partial charge is 0.394 e. The lowest BCUT2D eigenvalue weighted by Crippen LogP contribution is -2.42. The van der Waals surface area contributed by atoms with E-state index in [4.69, 9.17) is 9.47 Å². The molecule has 1 fully saturated rings. The molecule has 1 heterocycles. The smallest absolute Gasteiger partial charge is 0.114 e. The summed E-state index contributed by atoms with van der Waals surface area (Å²) < 4.78 is 11.0. The molecule has 0 saturated carbocycles. The van der Waals surface area contributed by atoms with Crippen molar-refractivity contribution in [3.8, 4) is 0 Å². The average Bonchev–Trinajstić information content (AvgIpc) is 3.08. The van der Waals surface area contributed by atoms with Gasteiger partial charge in [0.1, 0.15) is 24.4 Å². The molecule has 0 spiro atoms. The number of hydrogen-bond acceptors (Lipinski definition) is 5. The van der Waals surface area contributed by atoms with Crippen molar-refractivity contribution >= 4 is 0 Å². The molecule has 1 aliphatic heterocycles. The second-order valence-corrected chi connectivity index (χ2v) is 8.74. The number of rotatable bonds is 20. The summed E-state index contributed by atoms with van der Waals surface area (Å²) in [6, 6.07) is 0. The number of hydrogen-bond donors (Lipinski definition) is 3. The van der Waals surface area contributed by atoms with E-state index in [0.29, 0.717) is 6.61 Å². The van der Waals surface area contributed by atoms with Crippen LogP contribution in [0.25, 0.3) is 0 Å². The van der Waals surface area contributed by atoms with Crippen LogP contribution in [0.2, 0.25) is 0 Å². The molecule has 0 aromatic heterocycles. The van der Waals surface area contributed by atoms with E-state index in [0.717, 1.165) is 12.8 Å². The molecular weight excluding hydrogens is 380 g/mol. The first-order chi connectivity index (χ1) is 14.7. The van der Waals surface area contributed by atoms with Crippen LogP contribution in [0, 0.1) is 0 Å². The van der Waals surface area contributed by atoms with Crippen LogP contribution in [0.3, 0.4) is 0 Å². The van der Waals surface area contributed by atoms with Crippen molar-refractivity contribution < 1.29 is 24.8 Å². The number of allylic oxidation sites excluding steroid dienone is 2. The van der Waals surface area contributed by atoms with Gasteiger partial charge >= 0.3 is 0 Å². The Labute approximate surface area is 184 Å². The van der Waals surface area contributed by atoms with Gasteiger partial charge in [0.05, 0.1) is 13.2 Å². The molecule has 0 radical (unpaired) electrons. The lowest BCUT2D eigenvalue weighted by molar-refractivity contribution is -0.101. The van der Waals surface area contributed by atoms with E-state index in [1.165, 1.54) is 83.5 Å². The predicted molar refractivity (Wildman–Crippen MR) is 123 cm³/mol. The topological polar surface area (TPSA) is 79.2 Å². The van der Waals surface area contributed by atoms with E-state index in [1.807, 2.05) is 0 Å². The van der Waals surface area contributed by atoms with Gasteiger partial charge in [-0.2, -0.15) is 0 Å². The van der Waals surface area contributed by atoms with Crippen molar-refractivity contribution in [1.29, 1.82) is 0 Å². The van der Waals surface area contributed by atoms with Crippen LogP contribution in [-0.4, -0.2) is 59.6 Å². The quantitative estimate of drug-likeness (QED) is 0.190. The Morgan fingerprint density at radius 1 is 0.833 bits per heavy atom. The maximum atomic E-state index is 9.84. The Kier molecular flexibility index (Phi) is 17.7. The molecule has 0 bridgehead atoms. The third kappa shape index (κ3) is 13.1. The van der Waals surface area contributed by atoms with Gasteiger partial charge in [-0.3, -0.25) is 0 Å². The summed E-state index contributed by atoms with van der Waals surface area (Å²) in [6.07, 6.45) is 20.8. The van der Waals surface area contributed by atoms with Crippen molar-refractivity contribution in [2.45, 2.75) is 128 Å². The van der Waals surface area contributed by atoms with Crippen molar-refractivity contribution in [3.63, 3.8) is 0 Å². The molecule has 1 aliphatic rings. The Morgan fingerprint density at radius 3 is 1.87 bits per heavy atom. The standard InChI is InChI=1S/C25H48O5/c1-2-3-4-5-6-7-8-9-10-11-12-13-14-15-16-17-18-19-29-23(20-26)25-24(28)22(27)21-30-25/h10-11,22-28H,2-9,12-21H2,1H3/b11-10+/t22-,23+,24+,25+/m0/s1. The predicted octanol–water partition coefficient (Wildman–Crippen LogP) is 4.91. The Morgan fingerprint density at radius 2 is 1.37 bits per heavy atom. The lowest BCUT2D eigenvalue weighted by Gasteiger charge is -2.24. The van der Waals surface area contributed by atoms with Crippen LogP contribution in [-0.2, 0) is 9.47 Å². The lowest BCUT2D eigenvalue weighted by atomic mass is 10.1. The van der Waals surface area contributed by atoms with Crippen molar-refractivity contribution in [1.82, 2.24) is 0 Å². The molecule has 178 valence electrons. The van der Waals surface area contributed by atoms with Crippen molar-refractivity contribution in [2.24, 2.45) is 0 Å². The highest BCUT2D eigenvalue weighted by atomic mass is 16.6. The molecular formula is C25H48O5. The minimum Gasteiger partial charge on any atom is -0.394 e. The van der Waals surface area contributed by atoms with Crippen LogP contribution in [0.1, 0.15) is 103 Å². The summed E-state index contributed by atoms with van der Waals surface area (Å²) in [5.74, 6) is 0. The number of unbranched alkanes of at least 4 members (excludes halogenated alkanes) is 13. The van der Waals surface area contributed by atoms with Crippen LogP contribution in [0.15, 0.2) is 12.2 Å². The minimum absolute atomic E-state index is 0.0972. The van der Waals surface area contributed by atoms with Crippen LogP contribution < -0.4 is 0 Å². The summed E-state index contributed by atoms with van der Waals surface area (Å²) in [5.41, 5.74) is 0. The first-order valence-corrected chi connectivity index (χ1v) is 12.6. The van der Waals surface area contributed by atoms with Crippen LogP contribution in [0.5, 0.6) is 0 Å². The Hall–Kier alpha value is -0.460. The summed E-state index contributed by atoms with van der Waals surface area (Å²) in [4.78, 5) is 0. The van der Waals surface area contributed by atoms with E-state index in [-0.39, 0.29) is 13.2 Å². The first kappa shape index (κ1) is 27.6. The SMILES string of the molecule is CCCCCCCCC/C=C/CCCCCCCCO[C@H](CO)[C@H]1OC[C@H](O)[C@H]1O. The molecule has 0 aromatic rings. The van der Waals surface area contributed by atoms with Gasteiger partial charge in [-0.15, -0.1) is 0 Å².